The predicted octanol–water partition coefficient (Wildman–Crippen LogP) is 3.07. The summed E-state index contributed by atoms with van der Waals surface area (Å²) >= 11 is 0. The molecule has 2 atom stereocenters. The molecule has 2 unspecified atom stereocenters. The summed E-state index contributed by atoms with van der Waals surface area (Å²) in [5, 5.41) is 0. The van der Waals surface area contributed by atoms with Crippen molar-refractivity contribution in [2.45, 2.75) is 44.9 Å². The predicted molar refractivity (Wildman–Crippen MR) is 95.8 cm³/mol. The Bertz CT molecular complexity index is 591. The largest absolute Gasteiger partial charge is 0.493 e. The van der Waals surface area contributed by atoms with Crippen LogP contribution in [0.4, 0.5) is 8.78 Å². The Morgan fingerprint density at radius 3 is 2.27 bits per heavy atom. The lowest BCUT2D eigenvalue weighted by Crippen LogP contribution is -2.51. The normalized spacial score (nSPS) is 18.1. The standard InChI is InChI=1S/C17H24F2N2O4.ClH/c1-10(20)12-6-4-5-7-21(12)16(22)11-8-13(23-2)15(25-17(18)19)14(9-11)24-3;/h8-10,12,17H,4-7,20H2,1-3H3;1H. The number of halogens is 3. The van der Waals surface area contributed by atoms with Crippen molar-refractivity contribution in [3.63, 3.8) is 0 Å². The minimum absolute atomic E-state index is 0. The molecule has 1 aromatic carbocycles. The Morgan fingerprint density at radius 2 is 1.81 bits per heavy atom. The maximum absolute atomic E-state index is 13.0. The molecule has 0 saturated carbocycles. The molecule has 0 aromatic heterocycles. The monoisotopic (exact) mass is 394 g/mol. The Kier molecular flexibility index (Phi) is 8.36. The summed E-state index contributed by atoms with van der Waals surface area (Å²) in [4.78, 5) is 14.7. The van der Waals surface area contributed by atoms with Gasteiger partial charge in [-0.2, -0.15) is 8.78 Å². The molecule has 0 radical (unpaired) electrons. The maximum atomic E-state index is 13.0. The first-order valence-corrected chi connectivity index (χ1v) is 8.16. The maximum Gasteiger partial charge on any atom is 0.387 e. The summed E-state index contributed by atoms with van der Waals surface area (Å²) in [6, 6.07) is 2.55. The minimum Gasteiger partial charge on any atom is -0.493 e. The number of nitrogens with zero attached hydrogens (tertiary/aromatic N) is 1. The second-order valence-corrected chi connectivity index (χ2v) is 6.01. The number of ether oxygens (including phenoxy) is 3. The fourth-order valence-corrected chi connectivity index (χ4v) is 3.13. The average molecular weight is 395 g/mol. The second kappa shape index (κ2) is 9.78. The van der Waals surface area contributed by atoms with Crippen LogP contribution in [0.1, 0.15) is 36.5 Å². The van der Waals surface area contributed by atoms with Crippen molar-refractivity contribution in [2.24, 2.45) is 5.73 Å². The number of benzene rings is 1. The highest BCUT2D eigenvalue weighted by Gasteiger charge is 2.31. The van der Waals surface area contributed by atoms with E-state index >= 15 is 0 Å². The smallest absolute Gasteiger partial charge is 0.387 e. The molecule has 6 nitrogen and oxygen atoms in total. The molecule has 1 amide bonds. The minimum atomic E-state index is -3.03. The van der Waals surface area contributed by atoms with Gasteiger partial charge in [-0.1, -0.05) is 0 Å². The molecular weight excluding hydrogens is 370 g/mol. The lowest BCUT2D eigenvalue weighted by Gasteiger charge is -2.38. The summed E-state index contributed by atoms with van der Waals surface area (Å²) in [5.74, 6) is -0.448. The zero-order valence-electron chi connectivity index (χ0n) is 15.0. The molecule has 1 heterocycles. The van der Waals surface area contributed by atoms with Gasteiger partial charge in [0, 0.05) is 24.2 Å². The average Bonchev–Trinajstić information content (AvgIpc) is 2.60. The van der Waals surface area contributed by atoms with E-state index in [1.807, 2.05) is 6.92 Å². The van der Waals surface area contributed by atoms with E-state index in [0.717, 1.165) is 19.3 Å². The van der Waals surface area contributed by atoms with Crippen molar-refractivity contribution in [2.75, 3.05) is 20.8 Å². The molecule has 1 saturated heterocycles. The van der Waals surface area contributed by atoms with E-state index in [2.05, 4.69) is 4.74 Å². The number of amides is 1. The topological polar surface area (TPSA) is 74.0 Å². The van der Waals surface area contributed by atoms with Gasteiger partial charge in [-0.25, -0.2) is 0 Å². The van der Waals surface area contributed by atoms with Crippen LogP contribution in [0.15, 0.2) is 12.1 Å². The van der Waals surface area contributed by atoms with Gasteiger partial charge < -0.3 is 24.8 Å². The quantitative estimate of drug-likeness (QED) is 0.802. The number of hydrogen-bond acceptors (Lipinski definition) is 5. The van der Waals surface area contributed by atoms with Gasteiger partial charge in [-0.3, -0.25) is 4.79 Å². The van der Waals surface area contributed by atoms with Gasteiger partial charge in [0.15, 0.2) is 11.5 Å². The molecule has 0 aliphatic carbocycles. The van der Waals surface area contributed by atoms with Gasteiger partial charge in [-0.15, -0.1) is 12.4 Å². The van der Waals surface area contributed by atoms with Gasteiger partial charge in [0.05, 0.1) is 14.2 Å². The zero-order chi connectivity index (χ0) is 18.6. The number of piperidine rings is 1. The van der Waals surface area contributed by atoms with E-state index in [9.17, 15) is 13.6 Å². The van der Waals surface area contributed by atoms with Crippen LogP contribution >= 0.6 is 12.4 Å². The van der Waals surface area contributed by atoms with Gasteiger partial charge in [-0.05, 0) is 38.3 Å². The second-order valence-electron chi connectivity index (χ2n) is 6.01. The van der Waals surface area contributed by atoms with Crippen LogP contribution in [0.2, 0.25) is 0 Å². The molecule has 9 heteroatoms. The van der Waals surface area contributed by atoms with Crippen LogP contribution in [0.3, 0.4) is 0 Å². The third-order valence-electron chi connectivity index (χ3n) is 4.33. The number of hydrogen-bond donors (Lipinski definition) is 1. The van der Waals surface area contributed by atoms with E-state index in [1.165, 1.54) is 26.4 Å². The molecule has 148 valence electrons. The highest BCUT2D eigenvalue weighted by molar-refractivity contribution is 5.96. The number of carbonyl (C=O) groups is 1. The molecule has 1 aromatic rings. The van der Waals surface area contributed by atoms with E-state index in [0.29, 0.717) is 6.54 Å². The Labute approximate surface area is 158 Å². The van der Waals surface area contributed by atoms with Crippen molar-refractivity contribution >= 4 is 18.3 Å². The molecular formula is C17H25ClF2N2O4. The summed E-state index contributed by atoms with van der Waals surface area (Å²) in [5.41, 5.74) is 6.30. The van der Waals surface area contributed by atoms with Crippen LogP contribution in [0.5, 0.6) is 17.2 Å². The zero-order valence-corrected chi connectivity index (χ0v) is 15.9. The first kappa shape index (κ1) is 22.2. The van der Waals surface area contributed by atoms with E-state index in [-0.39, 0.29) is 53.2 Å². The molecule has 1 aliphatic rings. The van der Waals surface area contributed by atoms with E-state index in [4.69, 9.17) is 15.2 Å². The van der Waals surface area contributed by atoms with E-state index in [1.54, 1.807) is 4.90 Å². The number of methoxy groups -OCH3 is 2. The van der Waals surface area contributed by atoms with Gasteiger partial charge >= 0.3 is 6.61 Å². The van der Waals surface area contributed by atoms with Crippen LogP contribution in [-0.2, 0) is 0 Å². The fourth-order valence-electron chi connectivity index (χ4n) is 3.13. The summed E-state index contributed by atoms with van der Waals surface area (Å²) in [6.07, 6.45) is 2.75. The number of nitrogens with two attached hydrogens (primary N) is 1. The summed E-state index contributed by atoms with van der Waals surface area (Å²) in [7, 11) is 2.63. The first-order chi connectivity index (χ1) is 11.9. The third-order valence-corrected chi connectivity index (χ3v) is 4.33. The molecule has 0 bridgehead atoms. The van der Waals surface area contributed by atoms with Crippen molar-refractivity contribution in [1.29, 1.82) is 0 Å². The lowest BCUT2D eigenvalue weighted by molar-refractivity contribution is -0.0526. The highest BCUT2D eigenvalue weighted by atomic mass is 35.5. The van der Waals surface area contributed by atoms with Crippen LogP contribution in [0, 0.1) is 0 Å². The lowest BCUT2D eigenvalue weighted by atomic mass is 9.96. The first-order valence-electron chi connectivity index (χ1n) is 8.16. The molecule has 26 heavy (non-hydrogen) atoms. The number of carbonyl (C=O) groups excluding carboxylic acids is 1. The van der Waals surface area contributed by atoms with Crippen LogP contribution < -0.4 is 19.9 Å². The van der Waals surface area contributed by atoms with Crippen molar-refractivity contribution in [3.05, 3.63) is 17.7 Å². The van der Waals surface area contributed by atoms with Gasteiger partial charge in [0.2, 0.25) is 5.75 Å². The number of alkyl halides is 2. The van der Waals surface area contributed by atoms with Gasteiger partial charge in [0.1, 0.15) is 0 Å². The third kappa shape index (κ3) is 4.88. The van der Waals surface area contributed by atoms with Crippen molar-refractivity contribution in [3.8, 4) is 17.2 Å². The van der Waals surface area contributed by atoms with Crippen LogP contribution in [-0.4, -0.2) is 50.3 Å². The Balaban J connectivity index is 0.00000338. The van der Waals surface area contributed by atoms with Crippen molar-refractivity contribution < 1.29 is 27.8 Å². The van der Waals surface area contributed by atoms with Crippen LogP contribution in [0.25, 0.3) is 0 Å². The molecule has 1 fully saturated rings. The fraction of sp³-hybridized carbons (Fsp3) is 0.588. The Hall–Kier alpha value is -1.80. The number of rotatable bonds is 6. The number of likely N-dealkylation sites (tertiary alicyclic amines) is 1. The van der Waals surface area contributed by atoms with E-state index < -0.39 is 6.61 Å². The van der Waals surface area contributed by atoms with Gasteiger partial charge in [0.25, 0.3) is 5.91 Å². The summed E-state index contributed by atoms with van der Waals surface area (Å²) < 4.78 is 39.9. The highest BCUT2D eigenvalue weighted by Crippen LogP contribution is 2.40. The SMILES string of the molecule is COc1cc(C(=O)N2CCCCC2C(C)N)cc(OC)c1OC(F)F.Cl. The molecule has 0 spiro atoms. The molecule has 2 rings (SSSR count). The Morgan fingerprint density at radius 1 is 1.23 bits per heavy atom. The summed E-state index contributed by atoms with van der Waals surface area (Å²) in [6.45, 7) is -0.559. The van der Waals surface area contributed by atoms with Crippen molar-refractivity contribution in [1.82, 2.24) is 4.90 Å². The molecule has 2 N–H and O–H groups in total. The molecule has 1 aliphatic heterocycles.